The van der Waals surface area contributed by atoms with Gasteiger partial charge in [-0.05, 0) is 43.7 Å². The van der Waals surface area contributed by atoms with Crippen molar-refractivity contribution in [1.82, 2.24) is 9.80 Å². The molecule has 0 unspecified atom stereocenters. The summed E-state index contributed by atoms with van der Waals surface area (Å²) in [6.07, 6.45) is 6.28. The molecule has 1 saturated carbocycles. The van der Waals surface area contributed by atoms with Gasteiger partial charge in [-0.1, -0.05) is 49.6 Å². The van der Waals surface area contributed by atoms with Crippen LogP contribution in [0.5, 0.6) is 0 Å². The van der Waals surface area contributed by atoms with Crippen LogP contribution >= 0.6 is 0 Å². The lowest BCUT2D eigenvalue weighted by Gasteiger charge is -2.31. The van der Waals surface area contributed by atoms with E-state index in [1.807, 2.05) is 24.3 Å². The second-order valence-corrected chi connectivity index (χ2v) is 8.15. The molecule has 1 aliphatic carbocycles. The van der Waals surface area contributed by atoms with Crippen LogP contribution < -0.4 is 5.32 Å². The van der Waals surface area contributed by atoms with Crippen molar-refractivity contribution in [3.05, 3.63) is 65.2 Å². The van der Waals surface area contributed by atoms with E-state index in [4.69, 9.17) is 0 Å². The SMILES string of the molecule is CN(Cc1ccccc1NC(=O)CN1C(=O)c2ccccc2C1=O)C1CCCCC1. The highest BCUT2D eigenvalue weighted by Gasteiger charge is 2.36. The number of nitrogens with one attached hydrogen (secondary N) is 1. The number of para-hydroxylation sites is 1. The van der Waals surface area contributed by atoms with Gasteiger partial charge < -0.3 is 5.32 Å². The first-order valence-electron chi connectivity index (χ1n) is 10.6. The van der Waals surface area contributed by atoms with Crippen LogP contribution in [-0.4, -0.2) is 47.2 Å². The summed E-state index contributed by atoms with van der Waals surface area (Å²) in [4.78, 5) is 41.0. The third-order valence-corrected chi connectivity index (χ3v) is 6.09. The van der Waals surface area contributed by atoms with Crippen LogP contribution in [0.25, 0.3) is 0 Å². The van der Waals surface area contributed by atoms with Gasteiger partial charge in [0.1, 0.15) is 6.54 Å². The Morgan fingerprint density at radius 1 is 0.967 bits per heavy atom. The zero-order valence-electron chi connectivity index (χ0n) is 17.3. The van der Waals surface area contributed by atoms with Crippen molar-refractivity contribution in [2.45, 2.75) is 44.7 Å². The van der Waals surface area contributed by atoms with E-state index in [-0.39, 0.29) is 12.5 Å². The number of rotatable bonds is 6. The predicted octanol–water partition coefficient (Wildman–Crippen LogP) is 3.69. The number of anilines is 1. The van der Waals surface area contributed by atoms with Crippen molar-refractivity contribution >= 4 is 23.4 Å². The highest BCUT2D eigenvalue weighted by Crippen LogP contribution is 2.25. The molecule has 6 nitrogen and oxygen atoms in total. The minimum Gasteiger partial charge on any atom is -0.324 e. The van der Waals surface area contributed by atoms with Gasteiger partial charge in [-0.3, -0.25) is 24.2 Å². The van der Waals surface area contributed by atoms with E-state index in [9.17, 15) is 14.4 Å². The molecule has 1 N–H and O–H groups in total. The van der Waals surface area contributed by atoms with Gasteiger partial charge in [-0.2, -0.15) is 0 Å². The fourth-order valence-corrected chi connectivity index (χ4v) is 4.42. The van der Waals surface area contributed by atoms with Crippen molar-refractivity contribution in [3.8, 4) is 0 Å². The molecule has 3 amide bonds. The third kappa shape index (κ3) is 4.14. The molecule has 156 valence electrons. The lowest BCUT2D eigenvalue weighted by Crippen LogP contribution is -2.37. The molecule has 0 atom stereocenters. The molecule has 4 rings (SSSR count). The fourth-order valence-electron chi connectivity index (χ4n) is 4.42. The normalized spacial score (nSPS) is 16.8. The Morgan fingerprint density at radius 2 is 1.57 bits per heavy atom. The highest BCUT2D eigenvalue weighted by molar-refractivity contribution is 6.22. The first kappa shape index (κ1) is 20.3. The number of nitrogens with zero attached hydrogens (tertiary/aromatic N) is 2. The Hall–Kier alpha value is -2.99. The number of hydrogen-bond acceptors (Lipinski definition) is 4. The second kappa shape index (κ2) is 8.79. The van der Waals surface area contributed by atoms with E-state index < -0.39 is 11.8 Å². The monoisotopic (exact) mass is 405 g/mol. The maximum absolute atomic E-state index is 12.7. The third-order valence-electron chi connectivity index (χ3n) is 6.09. The van der Waals surface area contributed by atoms with Crippen LogP contribution in [-0.2, 0) is 11.3 Å². The number of hydrogen-bond donors (Lipinski definition) is 1. The van der Waals surface area contributed by atoms with Crippen molar-refractivity contribution in [2.24, 2.45) is 0 Å². The van der Waals surface area contributed by atoms with Gasteiger partial charge in [-0.25, -0.2) is 0 Å². The molecule has 6 heteroatoms. The zero-order chi connectivity index (χ0) is 21.1. The molecule has 30 heavy (non-hydrogen) atoms. The van der Waals surface area contributed by atoms with Gasteiger partial charge in [0.25, 0.3) is 11.8 Å². The summed E-state index contributed by atoms with van der Waals surface area (Å²) < 4.78 is 0. The maximum atomic E-state index is 12.7. The first-order valence-corrected chi connectivity index (χ1v) is 10.6. The quantitative estimate of drug-likeness (QED) is 0.745. The molecular formula is C24H27N3O3. The van der Waals surface area contributed by atoms with E-state index in [0.717, 1.165) is 22.7 Å². The Balaban J connectivity index is 1.42. The van der Waals surface area contributed by atoms with Gasteiger partial charge in [-0.15, -0.1) is 0 Å². The fraction of sp³-hybridized carbons (Fsp3) is 0.375. The molecule has 0 radical (unpaired) electrons. The Labute approximate surface area is 176 Å². The number of fused-ring (bicyclic) bond motifs is 1. The second-order valence-electron chi connectivity index (χ2n) is 8.15. The van der Waals surface area contributed by atoms with E-state index in [0.29, 0.717) is 17.2 Å². The van der Waals surface area contributed by atoms with Crippen molar-refractivity contribution in [3.63, 3.8) is 0 Å². The number of benzene rings is 2. The molecule has 0 bridgehead atoms. The number of amides is 3. The molecule has 0 aromatic heterocycles. The van der Waals surface area contributed by atoms with Crippen molar-refractivity contribution < 1.29 is 14.4 Å². The van der Waals surface area contributed by atoms with Crippen LogP contribution in [0.1, 0.15) is 58.4 Å². The molecule has 2 aromatic carbocycles. The van der Waals surface area contributed by atoms with Gasteiger partial charge in [0.2, 0.25) is 5.91 Å². The molecule has 1 aliphatic heterocycles. The van der Waals surface area contributed by atoms with Crippen LogP contribution in [0.4, 0.5) is 5.69 Å². The summed E-state index contributed by atoms with van der Waals surface area (Å²) in [7, 11) is 2.13. The number of carbonyl (C=O) groups excluding carboxylic acids is 3. The minimum atomic E-state index is -0.420. The van der Waals surface area contributed by atoms with Crippen LogP contribution in [0.2, 0.25) is 0 Å². The topological polar surface area (TPSA) is 69.7 Å². The van der Waals surface area contributed by atoms with Gasteiger partial charge in [0.05, 0.1) is 11.1 Å². The van der Waals surface area contributed by atoms with Gasteiger partial charge >= 0.3 is 0 Å². The summed E-state index contributed by atoms with van der Waals surface area (Å²) in [6, 6.07) is 14.9. The molecule has 1 heterocycles. The summed E-state index contributed by atoms with van der Waals surface area (Å²) in [5.74, 6) is -1.22. The van der Waals surface area contributed by atoms with Crippen molar-refractivity contribution in [1.29, 1.82) is 0 Å². The average Bonchev–Trinajstić information content (AvgIpc) is 3.01. The van der Waals surface area contributed by atoms with E-state index in [1.165, 1.54) is 32.1 Å². The van der Waals surface area contributed by atoms with E-state index in [2.05, 4.69) is 17.3 Å². The Kier molecular flexibility index (Phi) is 5.95. The number of carbonyl (C=O) groups is 3. The largest absolute Gasteiger partial charge is 0.324 e. The molecule has 0 spiro atoms. The smallest absolute Gasteiger partial charge is 0.262 e. The molecular weight excluding hydrogens is 378 g/mol. The summed E-state index contributed by atoms with van der Waals surface area (Å²) >= 11 is 0. The molecule has 1 fully saturated rings. The molecule has 2 aliphatic rings. The lowest BCUT2D eigenvalue weighted by atomic mass is 9.94. The average molecular weight is 405 g/mol. The summed E-state index contributed by atoms with van der Waals surface area (Å²) in [5.41, 5.74) is 2.46. The van der Waals surface area contributed by atoms with Crippen LogP contribution in [0.3, 0.4) is 0 Å². The number of imide groups is 1. The van der Waals surface area contributed by atoms with Crippen molar-refractivity contribution in [2.75, 3.05) is 18.9 Å². The van der Waals surface area contributed by atoms with Crippen LogP contribution in [0, 0.1) is 0 Å². The molecule has 0 saturated heterocycles. The van der Waals surface area contributed by atoms with Gasteiger partial charge in [0.15, 0.2) is 0 Å². The van der Waals surface area contributed by atoms with E-state index in [1.54, 1.807) is 24.3 Å². The minimum absolute atomic E-state index is 0.293. The zero-order valence-corrected chi connectivity index (χ0v) is 17.3. The first-order chi connectivity index (χ1) is 14.5. The standard InChI is InChI=1S/C24H27N3O3/c1-26(18-10-3-2-4-11-18)15-17-9-5-8-14-21(17)25-22(28)16-27-23(29)19-12-6-7-13-20(19)24(27)30/h5-9,12-14,18H,2-4,10-11,15-16H2,1H3,(H,25,28). The maximum Gasteiger partial charge on any atom is 0.262 e. The van der Waals surface area contributed by atoms with Crippen LogP contribution in [0.15, 0.2) is 48.5 Å². The highest BCUT2D eigenvalue weighted by atomic mass is 16.2. The predicted molar refractivity (Wildman–Crippen MR) is 115 cm³/mol. The summed E-state index contributed by atoms with van der Waals surface area (Å²) in [6.45, 7) is 0.452. The van der Waals surface area contributed by atoms with E-state index >= 15 is 0 Å². The lowest BCUT2D eigenvalue weighted by molar-refractivity contribution is -0.116. The van der Waals surface area contributed by atoms with Gasteiger partial charge in [0, 0.05) is 18.3 Å². The summed E-state index contributed by atoms with van der Waals surface area (Å²) in [5, 5.41) is 2.90. The Bertz CT molecular complexity index is 931. The Morgan fingerprint density at radius 3 is 2.23 bits per heavy atom. The molecule has 2 aromatic rings.